The highest BCUT2D eigenvalue weighted by atomic mass is 79.9. The molecule has 0 amide bonds. The number of pyridine rings is 1. The zero-order chi connectivity index (χ0) is 13.4. The topological polar surface area (TPSA) is 90.2 Å². The Labute approximate surface area is 106 Å². The third-order valence-electron chi connectivity index (χ3n) is 1.63. The molecule has 0 aromatic carbocycles. The smallest absolute Gasteiger partial charge is 0.258 e. The number of alkyl halides is 2. The van der Waals surface area contributed by atoms with Crippen molar-refractivity contribution in [3.05, 3.63) is 26.5 Å². The van der Waals surface area contributed by atoms with Crippen LogP contribution in [0.5, 0.6) is 0 Å². The van der Waals surface area contributed by atoms with Gasteiger partial charge in [-0.05, 0) is 15.9 Å². The first-order chi connectivity index (χ1) is 7.66. The number of aromatic nitrogens is 1. The van der Waals surface area contributed by atoms with Crippen molar-refractivity contribution >= 4 is 41.4 Å². The molecule has 0 fully saturated rings. The Hall–Kier alpha value is -0.870. The molecule has 0 N–H and O–H groups in total. The summed E-state index contributed by atoms with van der Waals surface area (Å²) in [6.07, 6.45) is -2.70. The van der Waals surface area contributed by atoms with Crippen molar-refractivity contribution in [1.82, 2.24) is 4.98 Å². The first-order valence-corrected chi connectivity index (χ1v) is 6.82. The van der Waals surface area contributed by atoms with E-state index < -0.39 is 41.1 Å². The van der Waals surface area contributed by atoms with Crippen molar-refractivity contribution in [2.45, 2.75) is 11.3 Å². The molecule has 11 heteroatoms. The van der Waals surface area contributed by atoms with E-state index in [1.54, 1.807) is 0 Å². The average Bonchev–Trinajstić information content (AvgIpc) is 2.14. The monoisotopic (exact) mass is 350 g/mol. The average molecular weight is 352 g/mol. The van der Waals surface area contributed by atoms with Crippen LogP contribution >= 0.6 is 26.6 Å². The fraction of sp³-hybridized carbons (Fsp3) is 0.167. The fourth-order valence-corrected chi connectivity index (χ4v) is 3.54. The van der Waals surface area contributed by atoms with E-state index in [1.165, 1.54) is 0 Å². The summed E-state index contributed by atoms with van der Waals surface area (Å²) in [6, 6.07) is 0. The van der Waals surface area contributed by atoms with Crippen LogP contribution in [0.15, 0.2) is 15.6 Å². The second kappa shape index (κ2) is 4.78. The van der Waals surface area contributed by atoms with E-state index in [0.29, 0.717) is 6.20 Å². The summed E-state index contributed by atoms with van der Waals surface area (Å²) in [5.74, 6) is 0. The molecule has 0 saturated carbocycles. The van der Waals surface area contributed by atoms with Gasteiger partial charge in [0, 0.05) is 10.7 Å². The van der Waals surface area contributed by atoms with E-state index in [9.17, 15) is 27.3 Å². The number of nitrogens with zero attached hydrogens (tertiary/aromatic N) is 2. The third kappa shape index (κ3) is 2.87. The number of nitro groups is 1. The second-order valence-corrected chi connectivity index (χ2v) is 5.96. The van der Waals surface area contributed by atoms with Gasteiger partial charge in [-0.3, -0.25) is 10.1 Å². The lowest BCUT2D eigenvalue weighted by Gasteiger charge is -2.06. The van der Waals surface area contributed by atoms with Gasteiger partial charge in [-0.1, -0.05) is 0 Å². The van der Waals surface area contributed by atoms with E-state index in [2.05, 4.69) is 20.9 Å². The maximum Gasteiger partial charge on any atom is 0.303 e. The van der Waals surface area contributed by atoms with Gasteiger partial charge in [0.25, 0.3) is 15.5 Å². The Bertz CT molecular complexity index is 580. The Balaban J connectivity index is 3.72. The molecule has 0 spiro atoms. The van der Waals surface area contributed by atoms with Crippen molar-refractivity contribution in [3.63, 3.8) is 0 Å². The molecular formula is C6H2BrClF2N2O4S. The molecule has 1 heterocycles. The van der Waals surface area contributed by atoms with Gasteiger partial charge in [-0.25, -0.2) is 22.2 Å². The maximum absolute atomic E-state index is 12.5. The molecule has 0 aliphatic rings. The lowest BCUT2D eigenvalue weighted by molar-refractivity contribution is -0.386. The lowest BCUT2D eigenvalue weighted by atomic mass is 10.3. The zero-order valence-corrected chi connectivity index (χ0v) is 10.8. The Morgan fingerprint density at radius 2 is 2.06 bits per heavy atom. The fourth-order valence-electron chi connectivity index (χ4n) is 0.989. The summed E-state index contributed by atoms with van der Waals surface area (Å²) >= 11 is 2.56. The van der Waals surface area contributed by atoms with Crippen LogP contribution in [0.4, 0.5) is 14.5 Å². The van der Waals surface area contributed by atoms with E-state index in [-0.39, 0.29) is 0 Å². The van der Waals surface area contributed by atoms with Crippen LogP contribution in [-0.2, 0) is 9.05 Å². The molecule has 0 aliphatic heterocycles. The van der Waals surface area contributed by atoms with Crippen molar-refractivity contribution in [2.24, 2.45) is 0 Å². The first kappa shape index (κ1) is 14.2. The predicted molar refractivity (Wildman–Crippen MR) is 56.6 cm³/mol. The van der Waals surface area contributed by atoms with Gasteiger partial charge in [0.1, 0.15) is 21.3 Å². The Morgan fingerprint density at radius 3 is 2.41 bits per heavy atom. The van der Waals surface area contributed by atoms with Gasteiger partial charge in [-0.15, -0.1) is 0 Å². The van der Waals surface area contributed by atoms with Gasteiger partial charge < -0.3 is 0 Å². The SMILES string of the molecule is O=[N+]([O-])c1cnc(C(F)F)c(S(=O)(=O)Cl)c1Br. The van der Waals surface area contributed by atoms with Crippen LogP contribution < -0.4 is 0 Å². The van der Waals surface area contributed by atoms with Gasteiger partial charge in [0.15, 0.2) is 0 Å². The maximum atomic E-state index is 12.5. The molecule has 6 nitrogen and oxygen atoms in total. The number of hydrogen-bond acceptors (Lipinski definition) is 5. The summed E-state index contributed by atoms with van der Waals surface area (Å²) in [4.78, 5) is 11.5. The zero-order valence-electron chi connectivity index (χ0n) is 7.60. The van der Waals surface area contributed by atoms with Crippen LogP contribution in [0.25, 0.3) is 0 Å². The number of rotatable bonds is 3. The minimum Gasteiger partial charge on any atom is -0.258 e. The summed E-state index contributed by atoms with van der Waals surface area (Å²) < 4.78 is 46.5. The second-order valence-electron chi connectivity index (χ2n) is 2.67. The molecule has 1 aromatic heterocycles. The lowest BCUT2D eigenvalue weighted by Crippen LogP contribution is -2.05. The highest BCUT2D eigenvalue weighted by molar-refractivity contribution is 9.10. The highest BCUT2D eigenvalue weighted by Gasteiger charge is 2.31. The van der Waals surface area contributed by atoms with Crippen LogP contribution in [0.3, 0.4) is 0 Å². The first-order valence-electron chi connectivity index (χ1n) is 3.72. The summed E-state index contributed by atoms with van der Waals surface area (Å²) in [5, 5.41) is 10.5. The minimum absolute atomic E-state index is 0.525. The van der Waals surface area contributed by atoms with Gasteiger partial charge in [0.05, 0.1) is 4.92 Å². The Kier molecular flexibility index (Phi) is 3.99. The molecule has 0 bridgehead atoms. The van der Waals surface area contributed by atoms with Gasteiger partial charge >= 0.3 is 5.69 Å². The van der Waals surface area contributed by atoms with Crippen molar-refractivity contribution in [1.29, 1.82) is 0 Å². The van der Waals surface area contributed by atoms with Crippen molar-refractivity contribution in [2.75, 3.05) is 0 Å². The van der Waals surface area contributed by atoms with E-state index in [1.807, 2.05) is 0 Å². The van der Waals surface area contributed by atoms with Crippen LogP contribution in [0.2, 0.25) is 0 Å². The largest absolute Gasteiger partial charge is 0.303 e. The van der Waals surface area contributed by atoms with Crippen LogP contribution in [0.1, 0.15) is 12.1 Å². The number of halogens is 4. The van der Waals surface area contributed by atoms with Gasteiger partial charge in [0.2, 0.25) is 0 Å². The van der Waals surface area contributed by atoms with Crippen LogP contribution in [0, 0.1) is 10.1 Å². The third-order valence-corrected chi connectivity index (χ3v) is 4.06. The molecule has 1 rings (SSSR count). The molecule has 0 radical (unpaired) electrons. The molecule has 1 aromatic rings. The summed E-state index contributed by atoms with van der Waals surface area (Å²) in [7, 11) is 0.349. The molecule has 0 atom stereocenters. The summed E-state index contributed by atoms with van der Waals surface area (Å²) in [6.45, 7) is 0. The molecule has 17 heavy (non-hydrogen) atoms. The molecule has 0 aliphatic carbocycles. The van der Waals surface area contributed by atoms with E-state index in [4.69, 9.17) is 10.7 Å². The molecule has 0 saturated heterocycles. The van der Waals surface area contributed by atoms with Crippen molar-refractivity contribution in [3.8, 4) is 0 Å². The van der Waals surface area contributed by atoms with Crippen LogP contribution in [-0.4, -0.2) is 18.3 Å². The predicted octanol–water partition coefficient (Wildman–Crippen LogP) is 2.62. The van der Waals surface area contributed by atoms with E-state index in [0.717, 1.165) is 0 Å². The van der Waals surface area contributed by atoms with E-state index >= 15 is 0 Å². The summed E-state index contributed by atoms with van der Waals surface area (Å²) in [5.41, 5.74) is -1.91. The van der Waals surface area contributed by atoms with Crippen molar-refractivity contribution < 1.29 is 22.1 Å². The normalized spacial score (nSPS) is 11.8. The highest BCUT2D eigenvalue weighted by Crippen LogP contribution is 2.37. The Morgan fingerprint density at radius 1 is 1.53 bits per heavy atom. The molecule has 94 valence electrons. The standard InChI is InChI=1S/C6H2BrClF2N2O4S/c7-3-2(12(13)14)1-11-4(6(9)10)5(3)17(8,15)16/h1,6H. The van der Waals surface area contributed by atoms with Gasteiger partial charge in [-0.2, -0.15) is 0 Å². The molecular weight excluding hydrogens is 349 g/mol. The quantitative estimate of drug-likeness (QED) is 0.474. The molecule has 0 unspecified atom stereocenters. The number of hydrogen-bond donors (Lipinski definition) is 0. The minimum atomic E-state index is -4.59.